The van der Waals surface area contributed by atoms with Gasteiger partial charge in [0.25, 0.3) is 0 Å². The summed E-state index contributed by atoms with van der Waals surface area (Å²) in [5.41, 5.74) is 0.830. The maximum absolute atomic E-state index is 10.6. The van der Waals surface area contributed by atoms with Crippen molar-refractivity contribution in [1.82, 2.24) is 0 Å². The van der Waals surface area contributed by atoms with Crippen LogP contribution in [0.2, 0.25) is 0 Å². The molecule has 78 valence electrons. The summed E-state index contributed by atoms with van der Waals surface area (Å²) >= 11 is 0. The molecule has 0 unspecified atom stereocenters. The van der Waals surface area contributed by atoms with E-state index in [1.165, 1.54) is 23.5 Å². The van der Waals surface area contributed by atoms with E-state index in [4.69, 9.17) is 10.9 Å². The number of rotatable bonds is 4. The molecule has 6 nitrogen and oxygen atoms in total. The summed E-state index contributed by atoms with van der Waals surface area (Å²) in [7, 11) is 0. The molecule has 1 aromatic rings. The summed E-state index contributed by atoms with van der Waals surface area (Å²) in [6, 6.07) is 6.08. The van der Waals surface area contributed by atoms with Gasteiger partial charge in [0.15, 0.2) is 0 Å². The van der Waals surface area contributed by atoms with Gasteiger partial charge in [-0.05, 0) is 24.3 Å². The van der Waals surface area contributed by atoms with Gasteiger partial charge in [-0.2, -0.15) is 10.2 Å². The van der Waals surface area contributed by atoms with Crippen molar-refractivity contribution in [1.29, 1.82) is 0 Å². The first-order valence-corrected chi connectivity index (χ1v) is 4.01. The standard InChI is InChI=1S/C9H10N4O2/c1-11-13(6-12-10)8-4-2-7(3-5-8)9(14)15/h2-6H,1,10H2,(H,14,15)/b12-6-. The Kier molecular flexibility index (Phi) is 3.39. The SMILES string of the molecule is C=NN(/C=N\N)c1ccc(C(=O)O)cc1. The molecule has 15 heavy (non-hydrogen) atoms. The smallest absolute Gasteiger partial charge is 0.335 e. The molecular weight excluding hydrogens is 196 g/mol. The lowest BCUT2D eigenvalue weighted by atomic mass is 10.2. The van der Waals surface area contributed by atoms with Crippen LogP contribution in [-0.2, 0) is 0 Å². The van der Waals surface area contributed by atoms with Crippen LogP contribution >= 0.6 is 0 Å². The molecule has 0 heterocycles. The van der Waals surface area contributed by atoms with Crippen LogP contribution in [0.5, 0.6) is 0 Å². The van der Waals surface area contributed by atoms with Crippen LogP contribution in [-0.4, -0.2) is 24.1 Å². The van der Waals surface area contributed by atoms with Gasteiger partial charge in [-0.1, -0.05) is 0 Å². The van der Waals surface area contributed by atoms with Crippen LogP contribution in [0.15, 0.2) is 34.5 Å². The van der Waals surface area contributed by atoms with Crippen LogP contribution in [0.1, 0.15) is 10.4 Å². The number of hydrazone groups is 2. The van der Waals surface area contributed by atoms with Crippen LogP contribution in [0.25, 0.3) is 0 Å². The second kappa shape index (κ2) is 4.75. The van der Waals surface area contributed by atoms with E-state index < -0.39 is 5.97 Å². The molecule has 0 spiro atoms. The predicted octanol–water partition coefficient (Wildman–Crippen LogP) is 0.709. The zero-order chi connectivity index (χ0) is 11.3. The number of carboxylic acids is 1. The Morgan fingerprint density at radius 1 is 1.47 bits per heavy atom. The normalized spacial score (nSPS) is 10.1. The number of benzene rings is 1. The lowest BCUT2D eigenvalue weighted by Crippen LogP contribution is -2.14. The Balaban J connectivity index is 2.96. The molecule has 0 bridgehead atoms. The predicted molar refractivity (Wildman–Crippen MR) is 58.1 cm³/mol. The summed E-state index contributed by atoms with van der Waals surface area (Å²) in [6.45, 7) is 3.33. The largest absolute Gasteiger partial charge is 0.478 e. The highest BCUT2D eigenvalue weighted by atomic mass is 16.4. The fraction of sp³-hybridized carbons (Fsp3) is 0. The number of hydrogen-bond donors (Lipinski definition) is 2. The summed E-state index contributed by atoms with van der Waals surface area (Å²) in [5, 5.41) is 16.9. The van der Waals surface area contributed by atoms with Gasteiger partial charge in [0.05, 0.1) is 11.3 Å². The highest BCUT2D eigenvalue weighted by Gasteiger charge is 2.04. The number of carboxylic acid groups (broad SMARTS) is 1. The fourth-order valence-corrected chi connectivity index (χ4v) is 1.00. The molecule has 0 aromatic heterocycles. The first-order valence-electron chi connectivity index (χ1n) is 4.01. The molecule has 0 saturated carbocycles. The highest BCUT2D eigenvalue weighted by Crippen LogP contribution is 2.14. The maximum Gasteiger partial charge on any atom is 0.335 e. The number of anilines is 1. The second-order valence-corrected chi connectivity index (χ2v) is 2.60. The average molecular weight is 206 g/mol. The zero-order valence-corrected chi connectivity index (χ0v) is 7.87. The van der Waals surface area contributed by atoms with E-state index in [-0.39, 0.29) is 5.56 Å². The van der Waals surface area contributed by atoms with Crippen LogP contribution in [0, 0.1) is 0 Å². The third kappa shape index (κ3) is 2.53. The topological polar surface area (TPSA) is 91.3 Å². The number of aromatic carboxylic acids is 1. The lowest BCUT2D eigenvalue weighted by molar-refractivity contribution is 0.0697. The van der Waals surface area contributed by atoms with Crippen molar-refractivity contribution in [3.05, 3.63) is 29.8 Å². The zero-order valence-electron chi connectivity index (χ0n) is 7.87. The van der Waals surface area contributed by atoms with E-state index in [0.717, 1.165) is 0 Å². The molecule has 3 N–H and O–H groups in total. The number of nitrogens with two attached hydrogens (primary N) is 1. The van der Waals surface area contributed by atoms with Crippen LogP contribution in [0.4, 0.5) is 5.69 Å². The Bertz CT molecular complexity index is 386. The van der Waals surface area contributed by atoms with Crippen molar-refractivity contribution in [2.45, 2.75) is 0 Å². The van der Waals surface area contributed by atoms with E-state index >= 15 is 0 Å². The summed E-state index contributed by atoms with van der Waals surface area (Å²) in [6.07, 6.45) is 1.27. The highest BCUT2D eigenvalue weighted by molar-refractivity contribution is 5.88. The van der Waals surface area contributed by atoms with Gasteiger partial charge >= 0.3 is 5.97 Å². The van der Waals surface area contributed by atoms with Crippen molar-refractivity contribution in [3.8, 4) is 0 Å². The number of nitrogens with zero attached hydrogens (tertiary/aromatic N) is 3. The van der Waals surface area contributed by atoms with E-state index in [1.807, 2.05) is 0 Å². The quantitative estimate of drug-likeness (QED) is 0.328. The molecule has 0 aliphatic rings. The van der Waals surface area contributed by atoms with Gasteiger partial charge in [-0.25, -0.2) is 9.80 Å². The van der Waals surface area contributed by atoms with E-state index in [2.05, 4.69) is 16.9 Å². The first kappa shape index (κ1) is 10.7. The minimum Gasteiger partial charge on any atom is -0.478 e. The molecule has 1 aromatic carbocycles. The minimum atomic E-state index is -0.979. The van der Waals surface area contributed by atoms with Gasteiger partial charge in [0.1, 0.15) is 6.34 Å². The lowest BCUT2D eigenvalue weighted by Gasteiger charge is -2.11. The Morgan fingerprint density at radius 3 is 2.47 bits per heavy atom. The molecule has 0 saturated heterocycles. The molecule has 0 amide bonds. The van der Waals surface area contributed by atoms with E-state index in [9.17, 15) is 4.79 Å². The Morgan fingerprint density at radius 2 is 2.07 bits per heavy atom. The van der Waals surface area contributed by atoms with Gasteiger partial charge in [0, 0.05) is 6.72 Å². The van der Waals surface area contributed by atoms with Gasteiger partial charge in [0.2, 0.25) is 0 Å². The van der Waals surface area contributed by atoms with Crippen LogP contribution < -0.4 is 10.9 Å². The minimum absolute atomic E-state index is 0.201. The van der Waals surface area contributed by atoms with Crippen molar-refractivity contribution < 1.29 is 9.90 Å². The Labute approximate surface area is 86.3 Å². The maximum atomic E-state index is 10.6. The van der Waals surface area contributed by atoms with Crippen molar-refractivity contribution >= 4 is 24.7 Å². The molecule has 0 fully saturated rings. The summed E-state index contributed by atoms with van der Waals surface area (Å²) in [4.78, 5) is 10.6. The molecule has 0 radical (unpaired) electrons. The molecule has 0 aliphatic carbocycles. The van der Waals surface area contributed by atoms with Crippen molar-refractivity contribution in [3.63, 3.8) is 0 Å². The molecule has 0 atom stereocenters. The summed E-state index contributed by atoms with van der Waals surface area (Å²) in [5.74, 6) is 3.99. The molecule has 1 rings (SSSR count). The monoisotopic (exact) mass is 206 g/mol. The van der Waals surface area contributed by atoms with Gasteiger partial charge in [-0.3, -0.25) is 0 Å². The average Bonchev–Trinajstić information content (AvgIpc) is 2.26. The molecule has 6 heteroatoms. The number of hydrogen-bond acceptors (Lipinski definition) is 4. The summed E-state index contributed by atoms with van der Waals surface area (Å²) < 4.78 is 0. The molecule has 0 aliphatic heterocycles. The second-order valence-electron chi connectivity index (χ2n) is 2.60. The van der Waals surface area contributed by atoms with Gasteiger partial charge in [-0.15, -0.1) is 0 Å². The van der Waals surface area contributed by atoms with Crippen molar-refractivity contribution in [2.75, 3.05) is 5.01 Å². The third-order valence-electron chi connectivity index (χ3n) is 1.71. The van der Waals surface area contributed by atoms with E-state index in [0.29, 0.717) is 5.69 Å². The number of carbonyl (C=O) groups is 1. The fourth-order valence-electron chi connectivity index (χ4n) is 1.00. The van der Waals surface area contributed by atoms with Crippen molar-refractivity contribution in [2.24, 2.45) is 16.0 Å². The molecular formula is C9H10N4O2. The first-order chi connectivity index (χ1) is 7.19. The third-order valence-corrected chi connectivity index (χ3v) is 1.71. The Hall–Kier alpha value is -2.37. The van der Waals surface area contributed by atoms with Crippen LogP contribution in [0.3, 0.4) is 0 Å². The van der Waals surface area contributed by atoms with Gasteiger partial charge < -0.3 is 10.9 Å². The van der Waals surface area contributed by atoms with E-state index in [1.54, 1.807) is 12.1 Å².